The van der Waals surface area contributed by atoms with E-state index in [0.717, 1.165) is 62.6 Å². The fraction of sp³-hybridized carbons (Fsp3) is 0.733. The van der Waals surface area contributed by atoms with Crippen molar-refractivity contribution in [2.24, 2.45) is 0 Å². The zero-order valence-corrected chi connectivity index (χ0v) is 12.8. The predicted octanol–water partition coefficient (Wildman–Crippen LogP) is 2.21. The minimum absolute atomic E-state index is 0.770. The van der Waals surface area contributed by atoms with Gasteiger partial charge in [0.15, 0.2) is 0 Å². The molecule has 1 heterocycles. The summed E-state index contributed by atoms with van der Waals surface area (Å²) >= 11 is 0. The minimum atomic E-state index is 0.770. The number of methoxy groups -OCH3 is 1. The summed E-state index contributed by atoms with van der Waals surface area (Å²) < 4.78 is 5.06. The highest BCUT2D eigenvalue weighted by Gasteiger charge is 2.08. The summed E-state index contributed by atoms with van der Waals surface area (Å²) in [5, 5.41) is 3.35. The standard InChI is InChI=1S/C15H27N3O/c1-5-16-10-6-8-14-12(2)17-15(18-13(14)3)9-7-11-19-4/h16H,5-11H2,1-4H3. The molecular formula is C15H27N3O. The predicted molar refractivity (Wildman–Crippen MR) is 78.6 cm³/mol. The van der Waals surface area contributed by atoms with Gasteiger partial charge < -0.3 is 10.1 Å². The van der Waals surface area contributed by atoms with Gasteiger partial charge in [0.25, 0.3) is 0 Å². The first-order chi connectivity index (χ1) is 9.19. The van der Waals surface area contributed by atoms with Gasteiger partial charge in [0.2, 0.25) is 0 Å². The monoisotopic (exact) mass is 265 g/mol. The van der Waals surface area contributed by atoms with E-state index in [1.807, 2.05) is 0 Å². The van der Waals surface area contributed by atoms with Gasteiger partial charge in [-0.05, 0) is 51.8 Å². The summed E-state index contributed by atoms with van der Waals surface area (Å²) in [6.07, 6.45) is 4.08. The lowest BCUT2D eigenvalue weighted by atomic mass is 10.1. The van der Waals surface area contributed by atoms with Gasteiger partial charge in [0, 0.05) is 31.5 Å². The second kappa shape index (κ2) is 8.99. The van der Waals surface area contributed by atoms with Gasteiger partial charge in [0.05, 0.1) is 0 Å². The molecule has 0 unspecified atom stereocenters. The number of aryl methyl sites for hydroxylation is 3. The van der Waals surface area contributed by atoms with Crippen molar-refractivity contribution >= 4 is 0 Å². The van der Waals surface area contributed by atoms with Crippen LogP contribution < -0.4 is 5.32 Å². The van der Waals surface area contributed by atoms with Crippen molar-refractivity contribution in [2.75, 3.05) is 26.8 Å². The van der Waals surface area contributed by atoms with Gasteiger partial charge >= 0.3 is 0 Å². The van der Waals surface area contributed by atoms with Crippen LogP contribution in [0.5, 0.6) is 0 Å². The molecule has 0 atom stereocenters. The quantitative estimate of drug-likeness (QED) is 0.695. The number of hydrogen-bond acceptors (Lipinski definition) is 4. The fourth-order valence-electron chi connectivity index (χ4n) is 2.22. The summed E-state index contributed by atoms with van der Waals surface area (Å²) in [4.78, 5) is 9.24. The summed E-state index contributed by atoms with van der Waals surface area (Å²) in [6, 6.07) is 0. The Bertz CT molecular complexity index is 357. The molecule has 4 nitrogen and oxygen atoms in total. The highest BCUT2D eigenvalue weighted by molar-refractivity contribution is 5.24. The van der Waals surface area contributed by atoms with Crippen molar-refractivity contribution in [3.63, 3.8) is 0 Å². The third-order valence-corrected chi connectivity index (χ3v) is 3.25. The maximum absolute atomic E-state index is 5.06. The van der Waals surface area contributed by atoms with E-state index in [4.69, 9.17) is 4.74 Å². The smallest absolute Gasteiger partial charge is 0.128 e. The molecule has 0 saturated heterocycles. The number of ether oxygens (including phenoxy) is 1. The SMILES string of the molecule is CCNCCCc1c(C)nc(CCCOC)nc1C. The topological polar surface area (TPSA) is 47.0 Å². The molecule has 1 aromatic heterocycles. The molecule has 1 aromatic rings. The van der Waals surface area contributed by atoms with Crippen molar-refractivity contribution in [3.8, 4) is 0 Å². The number of rotatable bonds is 9. The first-order valence-corrected chi connectivity index (χ1v) is 7.21. The van der Waals surface area contributed by atoms with Crippen molar-refractivity contribution in [3.05, 3.63) is 22.8 Å². The Hall–Kier alpha value is -1.00. The third kappa shape index (κ3) is 5.66. The maximum atomic E-state index is 5.06. The normalized spacial score (nSPS) is 10.9. The molecule has 108 valence electrons. The van der Waals surface area contributed by atoms with E-state index < -0.39 is 0 Å². The molecule has 0 fully saturated rings. The lowest BCUT2D eigenvalue weighted by molar-refractivity contribution is 0.194. The zero-order chi connectivity index (χ0) is 14.1. The Labute approximate surface area is 117 Å². The van der Waals surface area contributed by atoms with Crippen LogP contribution in [0, 0.1) is 13.8 Å². The van der Waals surface area contributed by atoms with Crippen molar-refractivity contribution < 1.29 is 4.74 Å². The van der Waals surface area contributed by atoms with Crippen LogP contribution in [0.1, 0.15) is 42.5 Å². The van der Waals surface area contributed by atoms with Crippen molar-refractivity contribution in [2.45, 2.75) is 46.5 Å². The summed E-state index contributed by atoms with van der Waals surface area (Å²) in [6.45, 7) is 9.19. The van der Waals surface area contributed by atoms with E-state index in [1.54, 1.807) is 7.11 Å². The summed E-state index contributed by atoms with van der Waals surface area (Å²) in [5.74, 6) is 0.947. The van der Waals surface area contributed by atoms with Crippen molar-refractivity contribution in [1.82, 2.24) is 15.3 Å². The molecule has 0 aliphatic heterocycles. The van der Waals surface area contributed by atoms with Crippen LogP contribution in [0.15, 0.2) is 0 Å². The molecule has 1 rings (SSSR count). The van der Waals surface area contributed by atoms with Gasteiger partial charge in [0.1, 0.15) is 5.82 Å². The molecule has 0 bridgehead atoms. The third-order valence-electron chi connectivity index (χ3n) is 3.25. The van der Waals surface area contributed by atoms with Crippen LogP contribution in [0.2, 0.25) is 0 Å². The Kier molecular flexibility index (Phi) is 7.60. The lowest BCUT2D eigenvalue weighted by Crippen LogP contribution is -2.15. The molecule has 1 N–H and O–H groups in total. The highest BCUT2D eigenvalue weighted by atomic mass is 16.5. The second-order valence-corrected chi connectivity index (χ2v) is 4.84. The molecular weight excluding hydrogens is 238 g/mol. The van der Waals surface area contributed by atoms with Gasteiger partial charge in [-0.15, -0.1) is 0 Å². The average Bonchev–Trinajstić information content (AvgIpc) is 2.37. The molecule has 0 aliphatic carbocycles. The maximum Gasteiger partial charge on any atom is 0.128 e. The van der Waals surface area contributed by atoms with Crippen LogP contribution >= 0.6 is 0 Å². The highest BCUT2D eigenvalue weighted by Crippen LogP contribution is 2.13. The number of nitrogens with one attached hydrogen (secondary N) is 1. The van der Waals surface area contributed by atoms with E-state index >= 15 is 0 Å². The molecule has 0 aromatic carbocycles. The molecule has 0 saturated carbocycles. The Morgan fingerprint density at radius 1 is 1.05 bits per heavy atom. The first-order valence-electron chi connectivity index (χ1n) is 7.21. The van der Waals surface area contributed by atoms with Crippen LogP contribution in [0.25, 0.3) is 0 Å². The van der Waals surface area contributed by atoms with Crippen LogP contribution in [0.4, 0.5) is 0 Å². The van der Waals surface area contributed by atoms with E-state index in [9.17, 15) is 0 Å². The number of nitrogens with zero attached hydrogens (tertiary/aromatic N) is 2. The van der Waals surface area contributed by atoms with Gasteiger partial charge in [-0.25, -0.2) is 9.97 Å². The van der Waals surface area contributed by atoms with E-state index in [2.05, 4.69) is 36.1 Å². The van der Waals surface area contributed by atoms with Gasteiger partial charge in [-0.1, -0.05) is 6.92 Å². The minimum Gasteiger partial charge on any atom is -0.385 e. The van der Waals surface area contributed by atoms with Crippen LogP contribution in [-0.2, 0) is 17.6 Å². The Morgan fingerprint density at radius 2 is 1.74 bits per heavy atom. The molecule has 0 aliphatic rings. The fourth-order valence-corrected chi connectivity index (χ4v) is 2.22. The molecule has 0 amide bonds. The van der Waals surface area contributed by atoms with Crippen LogP contribution in [0.3, 0.4) is 0 Å². The molecule has 4 heteroatoms. The molecule has 0 spiro atoms. The molecule has 19 heavy (non-hydrogen) atoms. The second-order valence-electron chi connectivity index (χ2n) is 4.84. The van der Waals surface area contributed by atoms with Crippen LogP contribution in [-0.4, -0.2) is 36.8 Å². The average molecular weight is 265 g/mol. The first kappa shape index (κ1) is 16.1. The Balaban J connectivity index is 2.58. The van der Waals surface area contributed by atoms with Gasteiger partial charge in [-0.2, -0.15) is 0 Å². The van der Waals surface area contributed by atoms with Gasteiger partial charge in [-0.3, -0.25) is 0 Å². The number of hydrogen-bond donors (Lipinski definition) is 1. The van der Waals surface area contributed by atoms with E-state index in [1.165, 1.54) is 5.56 Å². The Morgan fingerprint density at radius 3 is 2.32 bits per heavy atom. The van der Waals surface area contributed by atoms with E-state index in [0.29, 0.717) is 0 Å². The summed E-state index contributed by atoms with van der Waals surface area (Å²) in [7, 11) is 1.73. The lowest BCUT2D eigenvalue weighted by Gasteiger charge is -2.11. The largest absolute Gasteiger partial charge is 0.385 e. The number of aromatic nitrogens is 2. The zero-order valence-electron chi connectivity index (χ0n) is 12.8. The van der Waals surface area contributed by atoms with E-state index in [-0.39, 0.29) is 0 Å². The molecule has 0 radical (unpaired) electrons. The van der Waals surface area contributed by atoms with Crippen molar-refractivity contribution in [1.29, 1.82) is 0 Å². The summed E-state index contributed by atoms with van der Waals surface area (Å²) in [5.41, 5.74) is 3.58.